The Hall–Kier alpha value is -4.08. The third-order valence-corrected chi connectivity index (χ3v) is 6.28. The van der Waals surface area contributed by atoms with Crippen molar-refractivity contribution < 1.29 is 4.79 Å². The molecule has 0 saturated carbocycles. The molecule has 1 aromatic carbocycles. The van der Waals surface area contributed by atoms with Crippen LogP contribution in [0.5, 0.6) is 0 Å². The summed E-state index contributed by atoms with van der Waals surface area (Å²) in [5.41, 5.74) is 6.10. The Morgan fingerprint density at radius 3 is 2.79 bits per heavy atom. The van der Waals surface area contributed by atoms with E-state index in [0.29, 0.717) is 43.6 Å². The average Bonchev–Trinajstić information content (AvgIpc) is 3.59. The minimum absolute atomic E-state index is 0.0435. The van der Waals surface area contributed by atoms with Crippen molar-refractivity contribution in [1.82, 2.24) is 40.1 Å². The Balaban J connectivity index is 1.10. The quantitative estimate of drug-likeness (QED) is 0.483. The van der Waals surface area contributed by atoms with Gasteiger partial charge in [-0.3, -0.25) is 14.6 Å². The molecule has 33 heavy (non-hydrogen) atoms. The fraction of sp³-hybridized carbons (Fsp3) is 0.304. The zero-order valence-corrected chi connectivity index (χ0v) is 18.0. The summed E-state index contributed by atoms with van der Waals surface area (Å²) in [5, 5.41) is 18.1. The molecule has 0 bridgehead atoms. The third-order valence-electron chi connectivity index (χ3n) is 6.28. The molecule has 0 atom stereocenters. The van der Waals surface area contributed by atoms with E-state index in [1.165, 1.54) is 11.1 Å². The summed E-state index contributed by atoms with van der Waals surface area (Å²) in [4.78, 5) is 24.1. The Morgan fingerprint density at radius 2 is 2.00 bits per heavy atom. The van der Waals surface area contributed by atoms with Crippen molar-refractivity contribution in [3.63, 3.8) is 0 Å². The lowest BCUT2D eigenvalue weighted by molar-refractivity contribution is 0.0733. The first-order valence-electron chi connectivity index (χ1n) is 11.1. The van der Waals surface area contributed by atoms with Crippen molar-refractivity contribution in [3.05, 3.63) is 82.7 Å². The molecule has 4 heterocycles. The molecule has 6 rings (SSSR count). The van der Waals surface area contributed by atoms with Gasteiger partial charge < -0.3 is 10.2 Å². The van der Waals surface area contributed by atoms with Gasteiger partial charge in [-0.2, -0.15) is 5.10 Å². The van der Waals surface area contributed by atoms with Gasteiger partial charge >= 0.3 is 0 Å². The summed E-state index contributed by atoms with van der Waals surface area (Å²) in [6.07, 6.45) is 9.58. The topological polar surface area (TPSA) is 118 Å². The maximum absolute atomic E-state index is 13.0. The molecule has 10 nitrogen and oxygen atoms in total. The molecule has 4 aromatic rings. The number of rotatable bonds is 5. The number of benzene rings is 1. The number of fused-ring (bicyclic) bond motifs is 2. The van der Waals surface area contributed by atoms with E-state index in [1.54, 1.807) is 23.3 Å². The van der Waals surface area contributed by atoms with Crippen molar-refractivity contribution >= 4 is 11.9 Å². The molecule has 166 valence electrons. The van der Waals surface area contributed by atoms with Gasteiger partial charge in [0, 0.05) is 49.7 Å². The minimum Gasteiger partial charge on any atom is -0.351 e. The largest absolute Gasteiger partial charge is 0.351 e. The molecule has 1 aliphatic carbocycles. The highest BCUT2D eigenvalue weighted by Crippen LogP contribution is 2.25. The molecule has 0 unspecified atom stereocenters. The minimum atomic E-state index is -0.0435. The van der Waals surface area contributed by atoms with Gasteiger partial charge in [-0.1, -0.05) is 29.5 Å². The van der Waals surface area contributed by atoms with Crippen LogP contribution in [-0.2, 0) is 32.4 Å². The molecule has 0 saturated heterocycles. The standard InChI is InChI=1S/C23H23N9O/c33-22(18-10-26-32(13-18)14-20-11-25-30-29-20)31-6-5-21-17(12-31)9-24-23(28-21)27-19-7-15-3-1-2-4-16(15)8-19/h1-4,9-11,13,19H,5-8,12,14H2,(H,24,27,28)(H,25,29,30). The lowest BCUT2D eigenvalue weighted by atomic mass is 10.1. The van der Waals surface area contributed by atoms with Crippen LogP contribution in [0.3, 0.4) is 0 Å². The van der Waals surface area contributed by atoms with E-state index in [9.17, 15) is 4.79 Å². The first-order valence-corrected chi connectivity index (χ1v) is 11.1. The molecule has 10 heteroatoms. The number of carbonyl (C=O) groups is 1. The Bertz CT molecular complexity index is 1270. The number of aromatic nitrogens is 7. The highest BCUT2D eigenvalue weighted by atomic mass is 16.2. The van der Waals surface area contributed by atoms with Gasteiger partial charge in [-0.25, -0.2) is 9.97 Å². The van der Waals surface area contributed by atoms with Crippen LogP contribution in [0.15, 0.2) is 49.1 Å². The Labute approximate surface area is 190 Å². The third kappa shape index (κ3) is 3.95. The van der Waals surface area contributed by atoms with E-state index in [-0.39, 0.29) is 5.91 Å². The van der Waals surface area contributed by atoms with E-state index >= 15 is 0 Å². The van der Waals surface area contributed by atoms with Crippen LogP contribution in [0.4, 0.5) is 5.95 Å². The van der Waals surface area contributed by atoms with Crippen molar-refractivity contribution in [1.29, 1.82) is 0 Å². The van der Waals surface area contributed by atoms with Gasteiger partial charge in [0.15, 0.2) is 0 Å². The van der Waals surface area contributed by atoms with Crippen molar-refractivity contribution in [2.24, 2.45) is 0 Å². The van der Waals surface area contributed by atoms with Gasteiger partial charge in [0.05, 0.1) is 24.0 Å². The van der Waals surface area contributed by atoms with Crippen LogP contribution in [0.25, 0.3) is 0 Å². The predicted molar refractivity (Wildman–Crippen MR) is 119 cm³/mol. The number of aromatic amines is 1. The van der Waals surface area contributed by atoms with Crippen LogP contribution in [-0.4, -0.2) is 58.6 Å². The highest BCUT2D eigenvalue weighted by Gasteiger charge is 2.26. The number of hydrogen-bond acceptors (Lipinski definition) is 7. The first kappa shape index (κ1) is 19.6. The highest BCUT2D eigenvalue weighted by molar-refractivity contribution is 5.93. The van der Waals surface area contributed by atoms with Crippen LogP contribution in [0.2, 0.25) is 0 Å². The molecular formula is C23H23N9O. The van der Waals surface area contributed by atoms with Gasteiger partial charge in [-0.05, 0) is 24.0 Å². The van der Waals surface area contributed by atoms with E-state index in [4.69, 9.17) is 4.98 Å². The van der Waals surface area contributed by atoms with E-state index < -0.39 is 0 Å². The monoisotopic (exact) mass is 441 g/mol. The first-order chi connectivity index (χ1) is 16.2. The number of H-pyrrole nitrogens is 1. The van der Waals surface area contributed by atoms with E-state index in [2.05, 4.69) is 55.1 Å². The zero-order chi connectivity index (χ0) is 22.2. The fourth-order valence-electron chi connectivity index (χ4n) is 4.61. The Morgan fingerprint density at radius 1 is 1.15 bits per heavy atom. The predicted octanol–water partition coefficient (Wildman–Crippen LogP) is 1.62. The van der Waals surface area contributed by atoms with Crippen LogP contribution in [0.1, 0.15) is 38.4 Å². The normalized spacial score (nSPS) is 15.3. The number of amides is 1. The Kier molecular flexibility index (Phi) is 4.82. The smallest absolute Gasteiger partial charge is 0.257 e. The average molecular weight is 441 g/mol. The lowest BCUT2D eigenvalue weighted by Gasteiger charge is -2.28. The van der Waals surface area contributed by atoms with Crippen molar-refractivity contribution in [2.45, 2.75) is 38.4 Å². The van der Waals surface area contributed by atoms with Crippen molar-refractivity contribution in [3.8, 4) is 0 Å². The second-order valence-corrected chi connectivity index (χ2v) is 8.55. The summed E-state index contributed by atoms with van der Waals surface area (Å²) in [5.74, 6) is 0.624. The summed E-state index contributed by atoms with van der Waals surface area (Å²) in [6.45, 7) is 1.58. The fourth-order valence-corrected chi connectivity index (χ4v) is 4.61. The van der Waals surface area contributed by atoms with Gasteiger partial charge in [0.1, 0.15) is 5.69 Å². The second kappa shape index (κ2) is 8.12. The van der Waals surface area contributed by atoms with E-state index in [0.717, 1.165) is 29.8 Å². The maximum Gasteiger partial charge on any atom is 0.257 e. The molecule has 2 N–H and O–H groups in total. The maximum atomic E-state index is 13.0. The molecule has 1 aliphatic heterocycles. The number of nitrogens with one attached hydrogen (secondary N) is 2. The van der Waals surface area contributed by atoms with Gasteiger partial charge in [-0.15, -0.1) is 5.10 Å². The van der Waals surface area contributed by atoms with E-state index in [1.807, 2.05) is 11.1 Å². The molecule has 0 radical (unpaired) electrons. The number of nitrogens with zero attached hydrogens (tertiary/aromatic N) is 7. The number of hydrogen-bond donors (Lipinski definition) is 2. The zero-order valence-electron chi connectivity index (χ0n) is 18.0. The second-order valence-electron chi connectivity index (χ2n) is 8.55. The molecule has 0 fully saturated rings. The van der Waals surface area contributed by atoms with Gasteiger partial charge in [0.25, 0.3) is 5.91 Å². The van der Waals surface area contributed by atoms with Crippen LogP contribution >= 0.6 is 0 Å². The van der Waals surface area contributed by atoms with Gasteiger partial charge in [0.2, 0.25) is 5.95 Å². The van der Waals surface area contributed by atoms with Crippen molar-refractivity contribution in [2.75, 3.05) is 11.9 Å². The molecule has 3 aromatic heterocycles. The molecule has 1 amide bonds. The summed E-state index contributed by atoms with van der Waals surface area (Å²) in [6, 6.07) is 8.87. The van der Waals surface area contributed by atoms with Crippen LogP contribution in [0, 0.1) is 0 Å². The van der Waals surface area contributed by atoms with Crippen LogP contribution < -0.4 is 5.32 Å². The summed E-state index contributed by atoms with van der Waals surface area (Å²) >= 11 is 0. The lowest BCUT2D eigenvalue weighted by Crippen LogP contribution is -2.36. The number of carbonyl (C=O) groups excluding carboxylic acids is 1. The SMILES string of the molecule is O=C(c1cnn(Cc2c[nH]nn2)c1)N1CCc2nc(NC3Cc4ccccc4C3)ncc2C1. The molecule has 2 aliphatic rings. The molecule has 0 spiro atoms. The number of anilines is 1. The molecular weight excluding hydrogens is 418 g/mol. The summed E-state index contributed by atoms with van der Waals surface area (Å²) < 4.78 is 1.69. The summed E-state index contributed by atoms with van der Waals surface area (Å²) in [7, 11) is 0.